The first kappa shape index (κ1) is 47.3. The van der Waals surface area contributed by atoms with Crippen LogP contribution in [0.5, 0.6) is 28.7 Å². The van der Waals surface area contributed by atoms with Gasteiger partial charge in [0.15, 0.2) is 0 Å². The quantitative estimate of drug-likeness (QED) is 0.0746. The Labute approximate surface area is 322 Å². The Balaban J connectivity index is 0.000000364. The fourth-order valence-corrected chi connectivity index (χ4v) is 3.93. The van der Waals surface area contributed by atoms with Gasteiger partial charge in [0.2, 0.25) is 0 Å². The van der Waals surface area contributed by atoms with Crippen LogP contribution in [0.15, 0.2) is 121 Å². The van der Waals surface area contributed by atoms with Gasteiger partial charge in [-0.1, -0.05) is 48.5 Å². The van der Waals surface area contributed by atoms with Crippen molar-refractivity contribution >= 4 is 53.3 Å². The van der Waals surface area contributed by atoms with E-state index >= 15 is 0 Å². The van der Waals surface area contributed by atoms with Gasteiger partial charge in [-0.3, -0.25) is 9.59 Å². The number of methoxy groups -OCH3 is 3. The van der Waals surface area contributed by atoms with Crippen LogP contribution in [-0.4, -0.2) is 100 Å². The second kappa shape index (κ2) is 28.7. The van der Waals surface area contributed by atoms with Crippen molar-refractivity contribution in [3.05, 3.63) is 127 Å². The molecule has 0 aliphatic heterocycles. The molecule has 5 aromatic carbocycles. The minimum absolute atomic E-state index is 0.375. The molecule has 2 radical (unpaired) electrons. The highest BCUT2D eigenvalue weighted by Crippen LogP contribution is 2.21. The van der Waals surface area contributed by atoms with E-state index in [0.29, 0.717) is 56.4 Å². The van der Waals surface area contributed by atoms with Crippen LogP contribution in [0, 0.1) is 0 Å². The van der Waals surface area contributed by atoms with Crippen LogP contribution < -0.4 is 34.4 Å². The van der Waals surface area contributed by atoms with E-state index < -0.39 is 14.2 Å². The number of rotatable bonds is 13. The van der Waals surface area contributed by atoms with Crippen molar-refractivity contribution in [1.82, 2.24) is 0 Å². The first-order chi connectivity index (χ1) is 26.6. The summed E-state index contributed by atoms with van der Waals surface area (Å²) in [4.78, 5) is 19.1. The summed E-state index contributed by atoms with van der Waals surface area (Å²) in [7, 11) is 2.82. The molecule has 0 aromatic heterocycles. The molecular weight excluding hydrogens is 712 g/mol. The molecule has 14 nitrogen and oxygen atoms in total. The number of benzene rings is 5. The molecule has 0 unspecified atom stereocenters. The van der Waals surface area contributed by atoms with Crippen LogP contribution in [0.25, 0.3) is 11.1 Å². The van der Waals surface area contributed by atoms with Gasteiger partial charge in [-0.2, -0.15) is 0 Å². The lowest BCUT2D eigenvalue weighted by atomic mass is 9.80. The van der Waals surface area contributed by atoms with E-state index in [1.165, 1.54) is 31.4 Å². The maximum atomic E-state index is 10.2. The number of aldehydes is 1. The zero-order valence-electron chi connectivity index (χ0n) is 30.7. The van der Waals surface area contributed by atoms with E-state index in [9.17, 15) is 4.79 Å². The van der Waals surface area contributed by atoms with E-state index in [2.05, 4.69) is 9.39 Å². The van der Waals surface area contributed by atoms with Crippen molar-refractivity contribution in [3.8, 4) is 39.9 Å². The molecular formula is C37H42B4O14. The highest BCUT2D eigenvalue weighted by Gasteiger charge is 2.11. The minimum Gasteiger partial charge on any atom is -0.537 e. The number of carbonyl (C=O) groups is 2. The van der Waals surface area contributed by atoms with Crippen LogP contribution in [0.2, 0.25) is 0 Å². The molecule has 6 N–H and O–H groups in total. The van der Waals surface area contributed by atoms with Crippen LogP contribution in [0.1, 0.15) is 17.3 Å². The molecule has 0 spiro atoms. The highest BCUT2D eigenvalue weighted by atomic mass is 16.5. The zero-order valence-corrected chi connectivity index (χ0v) is 30.7. The molecule has 5 rings (SSSR count). The number of hydrogen-bond donors (Lipinski definition) is 6. The lowest BCUT2D eigenvalue weighted by Gasteiger charge is -2.05. The van der Waals surface area contributed by atoms with Crippen LogP contribution in [0.4, 0.5) is 0 Å². The van der Waals surface area contributed by atoms with Gasteiger partial charge in [0, 0.05) is 5.56 Å². The summed E-state index contributed by atoms with van der Waals surface area (Å²) < 4.78 is 28.4. The lowest BCUT2D eigenvalue weighted by Crippen LogP contribution is -2.29. The summed E-state index contributed by atoms with van der Waals surface area (Å²) >= 11 is 0. The molecule has 286 valence electrons. The summed E-state index contributed by atoms with van der Waals surface area (Å²) in [6, 6.07) is 34.6. The predicted octanol–water partition coefficient (Wildman–Crippen LogP) is 1.60. The van der Waals surface area contributed by atoms with E-state index in [0.717, 1.165) is 34.7 Å². The number of ether oxygens (including phenoxy) is 4. The van der Waals surface area contributed by atoms with E-state index in [1.54, 1.807) is 62.8 Å². The van der Waals surface area contributed by atoms with Crippen molar-refractivity contribution in [3.63, 3.8) is 0 Å². The standard InChI is InChI=1S/C12H11B2O4.C9H12O2.C8H8O2.C6H7B2O4.C2H4O2/c15-13-18-12-7-3-10(4-8-12)9-1-5-11(6-2-9)14(16)17;1-3-11-9-6-4-8(10-2)5-7-9;1-10-8-4-2-7(6-9)3-5-8;9-7-12-6-3-1-5(2-4-6)8(10)11;1-4-2-3/h1-8,15-17H;4-7H,3H2,1-2H3;2-6H,1H3;1-4,9-11H;2H,1H3. The molecule has 0 saturated heterocycles. The van der Waals surface area contributed by atoms with Crippen LogP contribution >= 0.6 is 0 Å². The number of hydrogen-bond acceptors (Lipinski definition) is 14. The summed E-state index contributed by atoms with van der Waals surface area (Å²) in [6.07, 6.45) is 0.805. The van der Waals surface area contributed by atoms with Crippen molar-refractivity contribution < 1.29 is 68.0 Å². The summed E-state index contributed by atoms with van der Waals surface area (Å²) in [5, 5.41) is 52.1. The van der Waals surface area contributed by atoms with Gasteiger partial charge >= 0.3 is 29.6 Å². The van der Waals surface area contributed by atoms with Gasteiger partial charge in [0.25, 0.3) is 6.47 Å². The van der Waals surface area contributed by atoms with Crippen molar-refractivity contribution in [2.24, 2.45) is 0 Å². The third kappa shape index (κ3) is 19.8. The van der Waals surface area contributed by atoms with Gasteiger partial charge in [-0.05, 0) is 102 Å². The molecule has 0 saturated carbocycles. The third-order valence-corrected chi connectivity index (χ3v) is 6.67. The fraction of sp³-hybridized carbons (Fsp3) is 0.135. The van der Waals surface area contributed by atoms with Crippen LogP contribution in [0.3, 0.4) is 0 Å². The Morgan fingerprint density at radius 3 is 1.18 bits per heavy atom. The van der Waals surface area contributed by atoms with Crippen LogP contribution in [-0.2, 0) is 9.53 Å². The Bertz CT molecular complexity index is 1710. The molecule has 0 aliphatic carbocycles. The van der Waals surface area contributed by atoms with E-state index in [-0.39, 0.29) is 0 Å². The molecule has 0 bridgehead atoms. The maximum absolute atomic E-state index is 10.2. The summed E-state index contributed by atoms with van der Waals surface area (Å²) in [5.41, 5.74) is 3.42. The largest absolute Gasteiger partial charge is 0.569 e. The smallest absolute Gasteiger partial charge is 0.537 e. The van der Waals surface area contributed by atoms with Crippen molar-refractivity contribution in [2.75, 3.05) is 27.9 Å². The molecule has 55 heavy (non-hydrogen) atoms. The van der Waals surface area contributed by atoms with Crippen molar-refractivity contribution in [1.29, 1.82) is 0 Å². The average Bonchev–Trinajstić information content (AvgIpc) is 3.23. The fourth-order valence-electron chi connectivity index (χ4n) is 3.93. The van der Waals surface area contributed by atoms with Gasteiger partial charge in [0.05, 0.1) is 33.7 Å². The SMILES string of the molecule is CCOc1ccc(OC)cc1.COC=O.COc1ccc(C=O)cc1.O[B]Oc1ccc(-c2ccc(B(O)O)cc2)cc1.O[B]Oc1ccc(B(O)O)cc1. The Morgan fingerprint density at radius 1 is 0.527 bits per heavy atom. The summed E-state index contributed by atoms with van der Waals surface area (Å²) in [5.74, 6) is 3.48. The lowest BCUT2D eigenvalue weighted by molar-refractivity contribution is -0.126. The number of carbonyl (C=O) groups excluding carboxylic acids is 2. The summed E-state index contributed by atoms with van der Waals surface area (Å²) in [6.45, 7) is 3.04. The van der Waals surface area contributed by atoms with E-state index in [4.69, 9.17) is 53.8 Å². The van der Waals surface area contributed by atoms with Crippen molar-refractivity contribution in [2.45, 2.75) is 6.92 Å². The molecule has 0 fully saturated rings. The first-order valence-electron chi connectivity index (χ1n) is 16.2. The molecule has 0 amide bonds. The molecule has 0 atom stereocenters. The zero-order chi connectivity index (χ0) is 40.8. The van der Waals surface area contributed by atoms with Gasteiger partial charge in [-0.15, -0.1) is 0 Å². The molecule has 18 heteroatoms. The normalized spacial score (nSPS) is 9.13. The molecule has 5 aromatic rings. The van der Waals surface area contributed by atoms with Gasteiger partial charge in [0.1, 0.15) is 29.3 Å². The Hall–Kier alpha value is -5.74. The van der Waals surface area contributed by atoms with Gasteiger partial charge < -0.3 is 58.4 Å². The second-order valence-electron chi connectivity index (χ2n) is 10.2. The monoisotopic (exact) mass is 754 g/mol. The van der Waals surface area contributed by atoms with E-state index in [1.807, 2.05) is 55.5 Å². The first-order valence-corrected chi connectivity index (χ1v) is 16.2. The highest BCUT2D eigenvalue weighted by molar-refractivity contribution is 6.58. The third-order valence-electron chi connectivity index (χ3n) is 6.67. The predicted molar refractivity (Wildman–Crippen MR) is 211 cm³/mol. The molecule has 0 heterocycles. The maximum Gasteiger partial charge on any atom is 0.569 e. The topological polar surface area (TPSA) is 211 Å². The Morgan fingerprint density at radius 2 is 0.855 bits per heavy atom. The molecule has 0 aliphatic rings. The minimum atomic E-state index is -1.47. The second-order valence-corrected chi connectivity index (χ2v) is 10.2. The van der Waals surface area contributed by atoms with Gasteiger partial charge in [-0.25, -0.2) is 0 Å². The Kier molecular flexibility index (Phi) is 24.7. The average molecular weight is 754 g/mol.